The molecule has 0 aliphatic rings. The summed E-state index contributed by atoms with van der Waals surface area (Å²) in [6, 6.07) is 31.4. The molecule has 156 valence electrons. The first-order chi connectivity index (χ1) is 13.1. The fraction of sp³-hybridized carbons (Fsp3) is 0.308. The second-order valence-electron chi connectivity index (χ2n) is 8.25. The van der Waals surface area contributed by atoms with Gasteiger partial charge >= 0.3 is 19.8 Å². The van der Waals surface area contributed by atoms with Crippen molar-refractivity contribution in [1.82, 2.24) is 0 Å². The molecule has 0 fully saturated rings. The predicted molar refractivity (Wildman–Crippen MR) is 139 cm³/mol. The Balaban J connectivity index is 0. The molecule has 0 amide bonds. The molecule has 0 saturated heterocycles. The summed E-state index contributed by atoms with van der Waals surface area (Å²) >= 11 is 0. The van der Waals surface area contributed by atoms with Crippen molar-refractivity contribution in [2.75, 3.05) is 26.7 Å². The maximum absolute atomic E-state index is 3.77. The number of hydrogen-bond donors (Lipinski definition) is 0. The molecule has 0 nitrogen and oxygen atoms in total. The Morgan fingerprint density at radius 1 is 0.621 bits per heavy atom. The monoisotopic (exact) mass is 606 g/mol. The van der Waals surface area contributed by atoms with E-state index in [4.69, 9.17) is 0 Å². The molecule has 0 unspecified atom stereocenters. The Bertz CT molecular complexity index is 603. The van der Waals surface area contributed by atoms with Crippen LogP contribution in [0.3, 0.4) is 0 Å². The third kappa shape index (κ3) is 21.8. The van der Waals surface area contributed by atoms with E-state index in [1.165, 1.54) is 10.6 Å². The van der Waals surface area contributed by atoms with Gasteiger partial charge in [-0.1, -0.05) is 57.2 Å². The van der Waals surface area contributed by atoms with Gasteiger partial charge in [0.15, 0.2) is 0 Å². The zero-order chi connectivity index (χ0) is 21.4. The van der Waals surface area contributed by atoms with E-state index in [0.717, 1.165) is 0 Å². The average molecular weight is 605 g/mol. The van der Waals surface area contributed by atoms with Crippen LogP contribution >= 0.6 is 15.8 Å². The van der Waals surface area contributed by atoms with Crippen LogP contribution in [-0.4, -0.2) is 26.7 Å². The van der Waals surface area contributed by atoms with Crippen molar-refractivity contribution in [3.63, 3.8) is 0 Å². The number of hydrogen-bond acceptors (Lipinski definition) is 0. The molecule has 0 bridgehead atoms. The largest absolute Gasteiger partial charge is 6.00 e. The third-order valence-corrected chi connectivity index (χ3v) is 6.23. The Hall–Kier alpha value is -0.714. The SMILES string of the molecule is C[PH+](C)c1ccccc1.C[PH+](C)c1ccccc1.[CH2-]C(C)(C)C.[Os+6].c1cc[cH-]c1. The summed E-state index contributed by atoms with van der Waals surface area (Å²) in [5.41, 5.74) is 0.250. The Morgan fingerprint density at radius 3 is 1.03 bits per heavy atom. The van der Waals surface area contributed by atoms with Gasteiger partial charge in [0, 0.05) is 15.8 Å². The molecule has 0 radical (unpaired) electrons. The number of rotatable bonds is 2. The summed E-state index contributed by atoms with van der Waals surface area (Å²) in [7, 11) is -0.424. The van der Waals surface area contributed by atoms with Crippen LogP contribution < -0.4 is 10.6 Å². The van der Waals surface area contributed by atoms with Crippen molar-refractivity contribution in [2.45, 2.75) is 20.8 Å². The summed E-state index contributed by atoms with van der Waals surface area (Å²) in [5, 5.41) is 3.03. The van der Waals surface area contributed by atoms with E-state index in [9.17, 15) is 0 Å². The van der Waals surface area contributed by atoms with Crippen LogP contribution in [0.1, 0.15) is 20.8 Å². The van der Waals surface area contributed by atoms with E-state index in [2.05, 4.69) is 115 Å². The van der Waals surface area contributed by atoms with Crippen molar-refractivity contribution in [2.24, 2.45) is 5.41 Å². The molecule has 3 heteroatoms. The minimum Gasteiger partial charge on any atom is -0.338 e. The van der Waals surface area contributed by atoms with Crippen molar-refractivity contribution in [3.05, 3.63) is 97.9 Å². The third-order valence-electron chi connectivity index (χ3n) is 3.26. The first-order valence-corrected chi connectivity index (χ1v) is 14.8. The molecule has 0 spiro atoms. The standard InChI is InChI=1S/2C8H11P.C5H5.C5H11.Os/c2*1-9(2)8-6-4-3-5-7-8;1-2-4-5-3-1;1-5(2,3)4;/h2*3-7H,1-2H3;1-5H;1H2,2-4H3;/q;;2*-1;+6/p+2. The van der Waals surface area contributed by atoms with Gasteiger partial charge in [-0.25, -0.2) is 12.1 Å². The van der Waals surface area contributed by atoms with Gasteiger partial charge in [0.05, 0.1) is 37.3 Å². The summed E-state index contributed by atoms with van der Waals surface area (Å²) in [5.74, 6) is 0. The Labute approximate surface area is 196 Å². The van der Waals surface area contributed by atoms with Gasteiger partial charge in [0.25, 0.3) is 0 Å². The molecule has 0 aliphatic heterocycles. The van der Waals surface area contributed by atoms with Gasteiger partial charge in [0.2, 0.25) is 0 Å². The minimum absolute atomic E-state index is 0. The maximum atomic E-state index is 3.77. The molecule has 0 heterocycles. The van der Waals surface area contributed by atoms with E-state index in [0.29, 0.717) is 0 Å². The summed E-state index contributed by atoms with van der Waals surface area (Å²) in [6.07, 6.45) is 0. The van der Waals surface area contributed by atoms with Crippen molar-refractivity contribution in [1.29, 1.82) is 0 Å². The van der Waals surface area contributed by atoms with Crippen LogP contribution in [0.5, 0.6) is 0 Å². The fourth-order valence-electron chi connectivity index (χ4n) is 1.86. The van der Waals surface area contributed by atoms with Gasteiger partial charge in [-0.2, -0.15) is 23.6 Å². The van der Waals surface area contributed by atoms with E-state index < -0.39 is 0 Å². The van der Waals surface area contributed by atoms with E-state index in [1.54, 1.807) is 0 Å². The second-order valence-corrected chi connectivity index (χ2v) is 13.4. The zero-order valence-corrected chi connectivity index (χ0v) is 23.8. The van der Waals surface area contributed by atoms with Crippen LogP contribution in [0, 0.1) is 12.3 Å². The Kier molecular flexibility index (Phi) is 19.0. The van der Waals surface area contributed by atoms with Crippen molar-refractivity contribution < 1.29 is 19.8 Å². The van der Waals surface area contributed by atoms with Gasteiger partial charge < -0.3 is 6.92 Å². The second kappa shape index (κ2) is 18.1. The summed E-state index contributed by atoms with van der Waals surface area (Å²) < 4.78 is 0. The van der Waals surface area contributed by atoms with Gasteiger partial charge in [-0.15, -0.1) is 0 Å². The average Bonchev–Trinajstić information content (AvgIpc) is 3.22. The quantitative estimate of drug-likeness (QED) is 0.222. The van der Waals surface area contributed by atoms with Gasteiger partial charge in [0.1, 0.15) is 0 Å². The molecular formula is C26H40OsP2+6. The van der Waals surface area contributed by atoms with Crippen LogP contribution in [0.4, 0.5) is 0 Å². The van der Waals surface area contributed by atoms with Crippen molar-refractivity contribution >= 4 is 26.5 Å². The molecule has 0 saturated carbocycles. The van der Waals surface area contributed by atoms with E-state index in [-0.39, 0.29) is 41.0 Å². The van der Waals surface area contributed by atoms with E-state index >= 15 is 0 Å². The fourth-order valence-corrected chi connectivity index (χ4v) is 3.58. The zero-order valence-electron chi connectivity index (χ0n) is 19.2. The number of benzene rings is 2. The first-order valence-electron chi connectivity index (χ1n) is 9.84. The molecule has 0 aliphatic carbocycles. The predicted octanol–water partition coefficient (Wildman–Crippen LogP) is 6.84. The van der Waals surface area contributed by atoms with Crippen LogP contribution in [0.15, 0.2) is 91.0 Å². The first kappa shape index (κ1) is 30.5. The molecule has 0 atom stereocenters. The normalized spacial score (nSPS) is 9.72. The molecule has 3 aromatic carbocycles. The molecule has 0 N–H and O–H groups in total. The van der Waals surface area contributed by atoms with Crippen LogP contribution in [0.25, 0.3) is 0 Å². The van der Waals surface area contributed by atoms with Crippen LogP contribution in [-0.2, 0) is 19.8 Å². The maximum Gasteiger partial charge on any atom is 6.00 e. The molecule has 3 aromatic rings. The molecule has 0 aromatic heterocycles. The van der Waals surface area contributed by atoms with Gasteiger partial charge in [-0.3, -0.25) is 0 Å². The van der Waals surface area contributed by atoms with Crippen molar-refractivity contribution in [3.8, 4) is 0 Å². The van der Waals surface area contributed by atoms with Crippen LogP contribution in [0.2, 0.25) is 0 Å². The topological polar surface area (TPSA) is 0 Å². The molecular weight excluding hydrogens is 564 g/mol. The van der Waals surface area contributed by atoms with Gasteiger partial charge in [-0.05, 0) is 24.3 Å². The minimum atomic E-state index is -0.212. The smallest absolute Gasteiger partial charge is 0.338 e. The molecule has 3 rings (SSSR count). The summed E-state index contributed by atoms with van der Waals surface area (Å²) in [6.45, 7) is 19.2. The Morgan fingerprint density at radius 2 is 0.897 bits per heavy atom. The summed E-state index contributed by atoms with van der Waals surface area (Å²) in [4.78, 5) is 0. The molecule has 29 heavy (non-hydrogen) atoms. The van der Waals surface area contributed by atoms with E-state index in [1.807, 2.05) is 30.3 Å².